The minimum absolute atomic E-state index is 0.00569. The number of alkyl halides is 3. The zero-order valence-corrected chi connectivity index (χ0v) is 13.9. The summed E-state index contributed by atoms with van der Waals surface area (Å²) < 4.78 is 62.9. The van der Waals surface area contributed by atoms with Crippen LogP contribution in [0, 0.1) is 0 Å². The molecule has 9 heteroatoms. The number of nitrogens with zero attached hydrogens (tertiary/aromatic N) is 2. The molecule has 5 nitrogen and oxygen atoms in total. The number of fused-ring (bicyclic) bond motifs is 1. The lowest BCUT2D eigenvalue weighted by atomic mass is 9.98. The Kier molecular flexibility index (Phi) is 4.11. The van der Waals surface area contributed by atoms with Crippen molar-refractivity contribution in [1.82, 2.24) is 9.80 Å². The van der Waals surface area contributed by atoms with Crippen molar-refractivity contribution in [3.8, 4) is 0 Å². The van der Waals surface area contributed by atoms with Gasteiger partial charge in [0, 0.05) is 38.8 Å². The predicted molar refractivity (Wildman–Crippen MR) is 81.2 cm³/mol. The lowest BCUT2D eigenvalue weighted by molar-refractivity contribution is -0.138. The third kappa shape index (κ3) is 3.27. The van der Waals surface area contributed by atoms with Crippen LogP contribution < -0.4 is 0 Å². The van der Waals surface area contributed by atoms with E-state index in [1.807, 2.05) is 0 Å². The van der Waals surface area contributed by atoms with E-state index in [9.17, 15) is 26.4 Å². The first-order valence-electron chi connectivity index (χ1n) is 7.48. The van der Waals surface area contributed by atoms with Gasteiger partial charge < -0.3 is 4.90 Å². The fourth-order valence-electron chi connectivity index (χ4n) is 3.12. The lowest BCUT2D eigenvalue weighted by Gasteiger charge is -2.27. The number of halogens is 3. The summed E-state index contributed by atoms with van der Waals surface area (Å²) in [4.78, 5) is 15.1. The Labute approximate surface area is 138 Å². The Morgan fingerprint density at radius 2 is 1.79 bits per heavy atom. The largest absolute Gasteiger partial charge is 0.416 e. The molecule has 2 heterocycles. The van der Waals surface area contributed by atoms with E-state index in [0.717, 1.165) is 6.07 Å². The van der Waals surface area contributed by atoms with E-state index in [1.165, 1.54) is 18.0 Å². The van der Waals surface area contributed by atoms with Gasteiger partial charge in [-0.1, -0.05) is 0 Å². The second kappa shape index (κ2) is 5.73. The normalized spacial score (nSPS) is 21.2. The molecule has 24 heavy (non-hydrogen) atoms. The van der Waals surface area contributed by atoms with Crippen LogP contribution in [0.4, 0.5) is 13.2 Å². The zero-order valence-electron chi connectivity index (χ0n) is 13.1. The van der Waals surface area contributed by atoms with Crippen molar-refractivity contribution in [3.63, 3.8) is 0 Å². The number of hydrogen-bond acceptors (Lipinski definition) is 4. The molecule has 0 saturated carbocycles. The highest BCUT2D eigenvalue weighted by atomic mass is 32.2. The molecule has 0 atom stereocenters. The van der Waals surface area contributed by atoms with Crippen LogP contribution in [0.15, 0.2) is 12.1 Å². The van der Waals surface area contributed by atoms with Gasteiger partial charge in [-0.3, -0.25) is 9.69 Å². The summed E-state index contributed by atoms with van der Waals surface area (Å²) in [5.41, 5.74) is -0.298. The van der Waals surface area contributed by atoms with Crippen molar-refractivity contribution in [1.29, 1.82) is 0 Å². The molecule has 0 aliphatic carbocycles. The van der Waals surface area contributed by atoms with Crippen LogP contribution in [0.1, 0.15) is 27.0 Å². The minimum atomic E-state index is -4.53. The zero-order chi connectivity index (χ0) is 17.7. The fourth-order valence-corrected chi connectivity index (χ4v) is 4.40. The predicted octanol–water partition coefficient (Wildman–Crippen LogP) is 1.52. The fraction of sp³-hybridized carbons (Fsp3) is 0.533. The molecule has 2 aliphatic heterocycles. The number of carbonyl (C=O) groups is 1. The van der Waals surface area contributed by atoms with Gasteiger partial charge in [-0.15, -0.1) is 0 Å². The van der Waals surface area contributed by atoms with E-state index in [4.69, 9.17) is 0 Å². The van der Waals surface area contributed by atoms with Crippen molar-refractivity contribution in [2.45, 2.75) is 19.3 Å². The van der Waals surface area contributed by atoms with Gasteiger partial charge >= 0.3 is 6.18 Å². The molecule has 1 amide bonds. The van der Waals surface area contributed by atoms with Crippen LogP contribution in [0.5, 0.6) is 0 Å². The van der Waals surface area contributed by atoms with Crippen LogP contribution >= 0.6 is 0 Å². The average Bonchev–Trinajstić information content (AvgIpc) is 2.75. The molecule has 1 aromatic carbocycles. The monoisotopic (exact) mass is 362 g/mol. The number of sulfone groups is 1. The summed E-state index contributed by atoms with van der Waals surface area (Å²) in [7, 11) is -1.58. The first-order valence-corrected chi connectivity index (χ1v) is 9.30. The summed E-state index contributed by atoms with van der Waals surface area (Å²) in [6.45, 7) is 0.720. The minimum Gasteiger partial charge on any atom is -0.337 e. The number of benzene rings is 1. The second-order valence-corrected chi connectivity index (χ2v) is 8.56. The molecule has 0 aromatic heterocycles. The summed E-state index contributed by atoms with van der Waals surface area (Å²) in [6, 6.07) is 2.58. The Hall–Kier alpha value is -1.61. The van der Waals surface area contributed by atoms with Gasteiger partial charge in [-0.25, -0.2) is 8.42 Å². The maximum atomic E-state index is 13.3. The van der Waals surface area contributed by atoms with Gasteiger partial charge in [-0.2, -0.15) is 13.2 Å². The van der Waals surface area contributed by atoms with Crippen LogP contribution in [-0.4, -0.2) is 55.8 Å². The number of amides is 1. The Balaban J connectivity index is 1.91. The lowest BCUT2D eigenvalue weighted by Crippen LogP contribution is -2.39. The number of hydrogen-bond donors (Lipinski definition) is 0. The van der Waals surface area contributed by atoms with Gasteiger partial charge in [0.1, 0.15) is 0 Å². The van der Waals surface area contributed by atoms with E-state index in [2.05, 4.69) is 0 Å². The topological polar surface area (TPSA) is 57.7 Å². The van der Waals surface area contributed by atoms with Crippen molar-refractivity contribution in [3.05, 3.63) is 34.4 Å². The van der Waals surface area contributed by atoms with Crippen molar-refractivity contribution >= 4 is 15.7 Å². The Morgan fingerprint density at radius 3 is 2.38 bits per heavy atom. The Morgan fingerprint density at radius 1 is 1.17 bits per heavy atom. The quantitative estimate of drug-likeness (QED) is 0.801. The maximum Gasteiger partial charge on any atom is 0.416 e. The van der Waals surface area contributed by atoms with Crippen LogP contribution in [0.25, 0.3) is 0 Å². The molecule has 3 rings (SSSR count). The molecule has 0 spiro atoms. The van der Waals surface area contributed by atoms with E-state index < -0.39 is 27.5 Å². The van der Waals surface area contributed by atoms with Crippen molar-refractivity contribution < 1.29 is 26.4 Å². The van der Waals surface area contributed by atoms with Crippen LogP contribution in [0.3, 0.4) is 0 Å². The molecule has 1 aromatic rings. The van der Waals surface area contributed by atoms with Gasteiger partial charge in [-0.05, 0) is 23.3 Å². The molecule has 1 saturated heterocycles. The number of rotatable bonds is 2. The smallest absolute Gasteiger partial charge is 0.337 e. The number of carbonyl (C=O) groups excluding carboxylic acids is 1. The summed E-state index contributed by atoms with van der Waals surface area (Å²) in [6.07, 6.45) is -4.53. The first-order chi connectivity index (χ1) is 11.1. The summed E-state index contributed by atoms with van der Waals surface area (Å²) in [5.74, 6) is -0.407. The third-order valence-electron chi connectivity index (χ3n) is 4.43. The highest BCUT2D eigenvalue weighted by Gasteiger charge is 2.39. The maximum absolute atomic E-state index is 13.3. The van der Waals surface area contributed by atoms with Gasteiger partial charge in [0.15, 0.2) is 9.84 Å². The van der Waals surface area contributed by atoms with Crippen LogP contribution in [0.2, 0.25) is 0 Å². The van der Waals surface area contributed by atoms with Gasteiger partial charge in [0.05, 0.1) is 17.1 Å². The molecule has 1 fully saturated rings. The molecule has 132 valence electrons. The molecule has 0 N–H and O–H groups in total. The average molecular weight is 362 g/mol. The summed E-state index contributed by atoms with van der Waals surface area (Å²) >= 11 is 0. The SMILES string of the molecule is CN1Cc2c(cc(CN3CCS(=O)(=O)CC3)cc2C(F)(F)F)C1=O. The van der Waals surface area contributed by atoms with E-state index in [-0.39, 0.29) is 48.8 Å². The standard InChI is InChI=1S/C15H17F3N2O3S/c1-19-9-12-11(14(19)21)6-10(7-13(12)15(16,17)18)8-20-2-4-24(22,23)5-3-20/h6-7H,2-5,8-9H2,1H3. The third-order valence-corrected chi connectivity index (χ3v) is 6.04. The summed E-state index contributed by atoms with van der Waals surface area (Å²) in [5, 5.41) is 0. The van der Waals surface area contributed by atoms with Gasteiger partial charge in [0.2, 0.25) is 0 Å². The molecule has 2 aliphatic rings. The first kappa shape index (κ1) is 17.2. The van der Waals surface area contributed by atoms with E-state index in [0.29, 0.717) is 5.56 Å². The second-order valence-electron chi connectivity index (χ2n) is 6.26. The molecule has 0 bridgehead atoms. The molecular formula is C15H17F3N2O3S. The highest BCUT2D eigenvalue weighted by Crippen LogP contribution is 2.38. The molecule has 0 unspecified atom stereocenters. The van der Waals surface area contributed by atoms with Gasteiger partial charge in [0.25, 0.3) is 5.91 Å². The van der Waals surface area contributed by atoms with Crippen molar-refractivity contribution in [2.24, 2.45) is 0 Å². The van der Waals surface area contributed by atoms with E-state index >= 15 is 0 Å². The van der Waals surface area contributed by atoms with E-state index in [1.54, 1.807) is 4.90 Å². The highest BCUT2D eigenvalue weighted by molar-refractivity contribution is 7.91. The molecular weight excluding hydrogens is 345 g/mol. The van der Waals surface area contributed by atoms with Crippen molar-refractivity contribution in [2.75, 3.05) is 31.6 Å². The van der Waals surface area contributed by atoms with Crippen LogP contribution in [-0.2, 0) is 29.1 Å². The molecule has 0 radical (unpaired) electrons. The Bertz CT molecular complexity index is 776.